The number of rotatable bonds is 7. The third-order valence-electron chi connectivity index (χ3n) is 3.29. The van der Waals surface area contributed by atoms with Crippen molar-refractivity contribution >= 4 is 5.82 Å². The molecule has 0 aromatic carbocycles. The Labute approximate surface area is 107 Å². The highest BCUT2D eigenvalue weighted by Crippen LogP contribution is 2.33. The van der Waals surface area contributed by atoms with E-state index < -0.39 is 0 Å². The first-order valence-corrected chi connectivity index (χ1v) is 6.64. The summed E-state index contributed by atoms with van der Waals surface area (Å²) in [4.78, 5) is 16.1. The minimum Gasteiger partial charge on any atom is -0.396 e. The Kier molecular flexibility index (Phi) is 4.36. The fraction of sp³-hybridized carbons (Fsp3) is 0.692. The van der Waals surface area contributed by atoms with Crippen molar-refractivity contribution in [1.82, 2.24) is 9.55 Å². The van der Waals surface area contributed by atoms with Gasteiger partial charge in [-0.25, -0.2) is 4.98 Å². The molecule has 5 nitrogen and oxygen atoms in total. The van der Waals surface area contributed by atoms with Crippen LogP contribution in [0.4, 0.5) is 5.82 Å². The smallest absolute Gasteiger partial charge is 0.293 e. The monoisotopic (exact) mass is 251 g/mol. The van der Waals surface area contributed by atoms with E-state index in [-0.39, 0.29) is 12.2 Å². The highest BCUT2D eigenvalue weighted by Gasteiger charge is 2.25. The molecule has 18 heavy (non-hydrogen) atoms. The number of hydrogen-bond acceptors (Lipinski definition) is 4. The van der Waals surface area contributed by atoms with Crippen LogP contribution in [0, 0.1) is 5.92 Å². The normalized spacial score (nSPS) is 16.6. The van der Waals surface area contributed by atoms with Crippen LogP contribution in [0.5, 0.6) is 0 Å². The Morgan fingerprint density at radius 1 is 1.61 bits per heavy atom. The van der Waals surface area contributed by atoms with Gasteiger partial charge in [0.2, 0.25) is 0 Å². The van der Waals surface area contributed by atoms with E-state index in [1.807, 2.05) is 6.92 Å². The Morgan fingerprint density at radius 3 is 3.06 bits per heavy atom. The van der Waals surface area contributed by atoms with Gasteiger partial charge in [-0.2, -0.15) is 0 Å². The minimum absolute atomic E-state index is 0.0183. The Morgan fingerprint density at radius 2 is 2.39 bits per heavy atom. The van der Waals surface area contributed by atoms with Gasteiger partial charge in [-0.1, -0.05) is 6.92 Å². The molecule has 1 aromatic heterocycles. The molecule has 1 aliphatic rings. The lowest BCUT2D eigenvalue weighted by Crippen LogP contribution is -2.24. The van der Waals surface area contributed by atoms with E-state index in [1.165, 1.54) is 0 Å². The van der Waals surface area contributed by atoms with Gasteiger partial charge in [-0.05, 0) is 31.6 Å². The van der Waals surface area contributed by atoms with E-state index in [4.69, 9.17) is 5.11 Å². The van der Waals surface area contributed by atoms with E-state index in [0.29, 0.717) is 17.8 Å². The number of anilines is 1. The summed E-state index contributed by atoms with van der Waals surface area (Å²) < 4.78 is 1.77. The second-order valence-electron chi connectivity index (χ2n) is 5.08. The van der Waals surface area contributed by atoms with Crippen molar-refractivity contribution in [3.8, 4) is 0 Å². The predicted octanol–water partition coefficient (Wildman–Crippen LogP) is 1.40. The molecule has 1 aromatic rings. The average molecular weight is 251 g/mol. The van der Waals surface area contributed by atoms with Gasteiger partial charge in [0.25, 0.3) is 5.56 Å². The van der Waals surface area contributed by atoms with Crippen LogP contribution in [0.25, 0.3) is 0 Å². The van der Waals surface area contributed by atoms with Crippen molar-refractivity contribution in [2.24, 2.45) is 5.92 Å². The number of nitrogens with zero attached hydrogens (tertiary/aromatic N) is 2. The molecular formula is C13H21N3O2. The van der Waals surface area contributed by atoms with Crippen LogP contribution in [0.15, 0.2) is 17.2 Å². The number of nitrogens with one attached hydrogen (secondary N) is 1. The quantitative estimate of drug-likeness (QED) is 0.719. The van der Waals surface area contributed by atoms with E-state index in [0.717, 1.165) is 32.2 Å². The van der Waals surface area contributed by atoms with Gasteiger partial charge in [-0.3, -0.25) is 4.79 Å². The molecule has 0 aliphatic heterocycles. The van der Waals surface area contributed by atoms with Crippen LogP contribution in [-0.2, 0) is 0 Å². The van der Waals surface area contributed by atoms with Gasteiger partial charge in [0.1, 0.15) is 0 Å². The predicted molar refractivity (Wildman–Crippen MR) is 70.7 cm³/mol. The van der Waals surface area contributed by atoms with Gasteiger partial charge in [0.15, 0.2) is 5.82 Å². The number of hydrogen-bond donors (Lipinski definition) is 2. The number of aromatic nitrogens is 2. The maximum absolute atomic E-state index is 12.0. The second-order valence-corrected chi connectivity index (χ2v) is 5.08. The summed E-state index contributed by atoms with van der Waals surface area (Å²) in [7, 11) is 0. The SMILES string of the molecule is CC(CO)CCCNc1nccn(C2CC2)c1=O. The highest BCUT2D eigenvalue weighted by atomic mass is 16.3. The number of aliphatic hydroxyl groups excluding tert-OH is 1. The molecule has 0 amide bonds. The maximum Gasteiger partial charge on any atom is 0.293 e. The lowest BCUT2D eigenvalue weighted by molar-refractivity contribution is 0.229. The zero-order valence-corrected chi connectivity index (χ0v) is 10.8. The van der Waals surface area contributed by atoms with Crippen LogP contribution >= 0.6 is 0 Å². The summed E-state index contributed by atoms with van der Waals surface area (Å²) in [6.45, 7) is 2.96. The molecule has 0 saturated heterocycles. The Balaban J connectivity index is 1.86. The molecule has 5 heteroatoms. The molecule has 2 N–H and O–H groups in total. The molecule has 1 atom stereocenters. The van der Waals surface area contributed by atoms with Gasteiger partial charge in [0, 0.05) is 31.6 Å². The van der Waals surface area contributed by atoms with E-state index in [1.54, 1.807) is 17.0 Å². The first-order valence-electron chi connectivity index (χ1n) is 6.64. The summed E-state index contributed by atoms with van der Waals surface area (Å²) in [6, 6.07) is 0.385. The molecule has 1 unspecified atom stereocenters. The van der Waals surface area contributed by atoms with Crippen LogP contribution in [-0.4, -0.2) is 27.8 Å². The summed E-state index contributed by atoms with van der Waals surface area (Å²) in [5, 5.41) is 12.0. The van der Waals surface area contributed by atoms with Crippen molar-refractivity contribution in [3.05, 3.63) is 22.7 Å². The fourth-order valence-corrected chi connectivity index (χ4v) is 1.93. The molecule has 1 saturated carbocycles. The molecule has 0 radical (unpaired) electrons. The van der Waals surface area contributed by atoms with Crippen molar-refractivity contribution in [2.45, 2.75) is 38.6 Å². The third-order valence-corrected chi connectivity index (χ3v) is 3.29. The Bertz CT molecular complexity index is 440. The third kappa shape index (κ3) is 3.32. The molecule has 2 rings (SSSR count). The zero-order chi connectivity index (χ0) is 13.0. The maximum atomic E-state index is 12.0. The molecular weight excluding hydrogens is 230 g/mol. The first-order chi connectivity index (χ1) is 8.72. The topological polar surface area (TPSA) is 67.2 Å². The van der Waals surface area contributed by atoms with E-state index in [2.05, 4.69) is 10.3 Å². The lowest BCUT2D eigenvalue weighted by atomic mass is 10.1. The molecule has 0 spiro atoms. The van der Waals surface area contributed by atoms with Gasteiger partial charge < -0.3 is 15.0 Å². The molecule has 1 fully saturated rings. The molecule has 100 valence electrons. The standard InChI is InChI=1S/C13H21N3O2/c1-10(9-17)3-2-6-14-12-13(18)16(8-7-15-12)11-4-5-11/h7-8,10-11,17H,2-6,9H2,1H3,(H,14,15). The van der Waals surface area contributed by atoms with Crippen molar-refractivity contribution in [1.29, 1.82) is 0 Å². The first kappa shape index (κ1) is 13.1. The van der Waals surface area contributed by atoms with Crippen LogP contribution in [0.2, 0.25) is 0 Å². The summed E-state index contributed by atoms with van der Waals surface area (Å²) in [6.07, 6.45) is 7.51. The van der Waals surface area contributed by atoms with E-state index in [9.17, 15) is 4.79 Å². The van der Waals surface area contributed by atoms with E-state index >= 15 is 0 Å². The molecule has 1 aliphatic carbocycles. The molecule has 1 heterocycles. The lowest BCUT2D eigenvalue weighted by Gasteiger charge is -2.09. The van der Waals surface area contributed by atoms with Gasteiger partial charge in [-0.15, -0.1) is 0 Å². The van der Waals surface area contributed by atoms with Crippen molar-refractivity contribution in [3.63, 3.8) is 0 Å². The van der Waals surface area contributed by atoms with Gasteiger partial charge in [0.05, 0.1) is 0 Å². The largest absolute Gasteiger partial charge is 0.396 e. The van der Waals surface area contributed by atoms with Crippen LogP contribution < -0.4 is 10.9 Å². The highest BCUT2D eigenvalue weighted by molar-refractivity contribution is 5.30. The minimum atomic E-state index is -0.0183. The van der Waals surface area contributed by atoms with Gasteiger partial charge >= 0.3 is 0 Å². The summed E-state index contributed by atoms with van der Waals surface area (Å²) in [5.41, 5.74) is -0.0183. The molecule has 0 bridgehead atoms. The van der Waals surface area contributed by atoms with Crippen LogP contribution in [0.1, 0.15) is 38.6 Å². The summed E-state index contributed by atoms with van der Waals surface area (Å²) in [5.74, 6) is 0.764. The van der Waals surface area contributed by atoms with Crippen molar-refractivity contribution in [2.75, 3.05) is 18.5 Å². The zero-order valence-electron chi connectivity index (χ0n) is 10.8. The average Bonchev–Trinajstić information content (AvgIpc) is 3.20. The Hall–Kier alpha value is -1.36. The van der Waals surface area contributed by atoms with Crippen LogP contribution in [0.3, 0.4) is 0 Å². The number of aliphatic hydroxyl groups is 1. The summed E-state index contributed by atoms with van der Waals surface area (Å²) >= 11 is 0. The van der Waals surface area contributed by atoms with Crippen molar-refractivity contribution < 1.29 is 5.11 Å². The second kappa shape index (κ2) is 6.00. The fourth-order valence-electron chi connectivity index (χ4n) is 1.93.